The number of carbonyl (C=O) groups excluding carboxylic acids is 1. The highest BCUT2D eigenvalue weighted by atomic mass is 35.5. The lowest BCUT2D eigenvalue weighted by Gasteiger charge is -2.17. The average Bonchev–Trinajstić information content (AvgIpc) is 2.45. The van der Waals surface area contributed by atoms with Gasteiger partial charge in [-0.1, -0.05) is 37.6 Å². The van der Waals surface area contributed by atoms with E-state index in [-0.39, 0.29) is 30.7 Å². The van der Waals surface area contributed by atoms with Crippen molar-refractivity contribution in [2.45, 2.75) is 20.3 Å². The van der Waals surface area contributed by atoms with Gasteiger partial charge in [0.2, 0.25) is 5.91 Å². The zero-order valence-electron chi connectivity index (χ0n) is 13.1. The van der Waals surface area contributed by atoms with Crippen LogP contribution in [0.25, 0.3) is 0 Å². The van der Waals surface area contributed by atoms with Gasteiger partial charge in [-0.15, -0.1) is 24.8 Å². The molecule has 0 atom stereocenters. The Labute approximate surface area is 150 Å². The number of para-hydroxylation sites is 1. The van der Waals surface area contributed by atoms with Crippen molar-refractivity contribution in [1.29, 1.82) is 0 Å². The van der Waals surface area contributed by atoms with Crippen molar-refractivity contribution in [2.75, 3.05) is 38.0 Å². The lowest BCUT2D eigenvalue weighted by atomic mass is 10.3. The number of anilines is 1. The summed E-state index contributed by atoms with van der Waals surface area (Å²) in [5.74, 6) is -0.0686. The van der Waals surface area contributed by atoms with Crippen LogP contribution in [0.15, 0.2) is 24.3 Å². The Hall–Kier alpha value is -0.520. The number of nitrogens with one attached hydrogen (secondary N) is 2. The summed E-state index contributed by atoms with van der Waals surface area (Å²) in [6, 6.07) is 7.23. The molecule has 1 rings (SSSR count). The molecule has 0 unspecified atom stereocenters. The second-order valence-corrected chi connectivity index (χ2v) is 4.99. The first-order valence-electron chi connectivity index (χ1n) is 7.14. The van der Waals surface area contributed by atoms with Crippen LogP contribution in [0.2, 0.25) is 5.02 Å². The number of hydrogen-bond donors (Lipinski definition) is 2. The SMILES string of the molecule is CCN(CC)CCCNCC(=O)Nc1ccccc1Cl.Cl.Cl. The smallest absolute Gasteiger partial charge is 0.238 e. The number of nitrogens with zero attached hydrogens (tertiary/aromatic N) is 1. The van der Waals surface area contributed by atoms with Crippen molar-refractivity contribution in [3.63, 3.8) is 0 Å². The molecule has 0 aliphatic carbocycles. The van der Waals surface area contributed by atoms with Gasteiger partial charge >= 0.3 is 0 Å². The molecule has 0 saturated carbocycles. The zero-order valence-corrected chi connectivity index (χ0v) is 15.5. The third-order valence-corrected chi connectivity index (χ3v) is 3.49. The van der Waals surface area contributed by atoms with E-state index in [1.807, 2.05) is 12.1 Å². The van der Waals surface area contributed by atoms with E-state index in [1.165, 1.54) is 0 Å². The first-order valence-corrected chi connectivity index (χ1v) is 7.52. The van der Waals surface area contributed by atoms with E-state index in [1.54, 1.807) is 12.1 Å². The molecule has 0 aliphatic rings. The Morgan fingerprint density at radius 3 is 2.41 bits per heavy atom. The van der Waals surface area contributed by atoms with Crippen molar-refractivity contribution in [3.8, 4) is 0 Å². The Morgan fingerprint density at radius 2 is 1.82 bits per heavy atom. The molecule has 1 aromatic rings. The van der Waals surface area contributed by atoms with Gasteiger partial charge in [0, 0.05) is 0 Å². The molecule has 2 N–H and O–H groups in total. The van der Waals surface area contributed by atoms with Crippen LogP contribution < -0.4 is 10.6 Å². The van der Waals surface area contributed by atoms with Gasteiger partial charge in [0.05, 0.1) is 17.3 Å². The number of amides is 1. The predicted molar refractivity (Wildman–Crippen MR) is 99.9 cm³/mol. The van der Waals surface area contributed by atoms with Crippen molar-refractivity contribution in [1.82, 2.24) is 10.2 Å². The van der Waals surface area contributed by atoms with Gasteiger partial charge < -0.3 is 15.5 Å². The Bertz CT molecular complexity index is 415. The summed E-state index contributed by atoms with van der Waals surface area (Å²) in [6.45, 7) is 8.68. The standard InChI is InChI=1S/C15H24ClN3O.2ClH/c1-3-19(4-2)11-7-10-17-12-15(20)18-14-9-6-5-8-13(14)16;;/h5-6,8-9,17H,3-4,7,10-12H2,1-2H3,(H,18,20);2*1H. The van der Waals surface area contributed by atoms with Crippen LogP contribution >= 0.6 is 36.4 Å². The number of benzene rings is 1. The second kappa shape index (κ2) is 14.1. The lowest BCUT2D eigenvalue weighted by molar-refractivity contribution is -0.115. The summed E-state index contributed by atoms with van der Waals surface area (Å²) in [5.41, 5.74) is 0.657. The summed E-state index contributed by atoms with van der Waals surface area (Å²) in [5, 5.41) is 6.49. The maximum atomic E-state index is 11.7. The number of rotatable bonds is 9. The van der Waals surface area contributed by atoms with Gasteiger partial charge in [-0.3, -0.25) is 4.79 Å². The van der Waals surface area contributed by atoms with Gasteiger partial charge in [0.25, 0.3) is 0 Å². The van der Waals surface area contributed by atoms with Crippen molar-refractivity contribution >= 4 is 48.0 Å². The highest BCUT2D eigenvalue weighted by molar-refractivity contribution is 6.33. The maximum Gasteiger partial charge on any atom is 0.238 e. The molecule has 0 saturated heterocycles. The molecule has 22 heavy (non-hydrogen) atoms. The molecule has 0 aromatic heterocycles. The van der Waals surface area contributed by atoms with Crippen molar-refractivity contribution < 1.29 is 4.79 Å². The fourth-order valence-corrected chi connectivity index (χ4v) is 2.11. The first-order chi connectivity index (χ1) is 9.67. The van der Waals surface area contributed by atoms with E-state index in [2.05, 4.69) is 29.4 Å². The lowest BCUT2D eigenvalue weighted by Crippen LogP contribution is -2.31. The monoisotopic (exact) mass is 369 g/mol. The molecule has 0 aliphatic heterocycles. The molecule has 0 radical (unpaired) electrons. The largest absolute Gasteiger partial charge is 0.324 e. The summed E-state index contributed by atoms with van der Waals surface area (Å²) < 4.78 is 0. The summed E-state index contributed by atoms with van der Waals surface area (Å²) >= 11 is 5.98. The molecular weight excluding hydrogens is 345 g/mol. The third kappa shape index (κ3) is 9.49. The number of carbonyl (C=O) groups is 1. The minimum absolute atomic E-state index is 0. The minimum atomic E-state index is -0.0686. The number of halogens is 3. The molecule has 0 spiro atoms. The Balaban J connectivity index is 0. The van der Waals surface area contributed by atoms with Crippen LogP contribution in [0.3, 0.4) is 0 Å². The van der Waals surface area contributed by atoms with Crippen LogP contribution in [0.5, 0.6) is 0 Å². The molecule has 4 nitrogen and oxygen atoms in total. The normalized spacial score (nSPS) is 9.82. The van der Waals surface area contributed by atoms with E-state index < -0.39 is 0 Å². The van der Waals surface area contributed by atoms with Crippen LogP contribution in [-0.4, -0.2) is 43.5 Å². The van der Waals surface area contributed by atoms with E-state index >= 15 is 0 Å². The van der Waals surface area contributed by atoms with Gasteiger partial charge in [-0.2, -0.15) is 0 Å². The molecule has 1 aromatic carbocycles. The van der Waals surface area contributed by atoms with E-state index in [4.69, 9.17) is 11.6 Å². The van der Waals surface area contributed by atoms with Gasteiger partial charge in [0.15, 0.2) is 0 Å². The van der Waals surface area contributed by atoms with Crippen LogP contribution in [0.1, 0.15) is 20.3 Å². The maximum absolute atomic E-state index is 11.7. The number of hydrogen-bond acceptors (Lipinski definition) is 3. The van der Waals surface area contributed by atoms with Gasteiger partial charge in [-0.25, -0.2) is 0 Å². The van der Waals surface area contributed by atoms with Crippen molar-refractivity contribution in [2.24, 2.45) is 0 Å². The van der Waals surface area contributed by atoms with Crippen LogP contribution in [0, 0.1) is 0 Å². The zero-order chi connectivity index (χ0) is 14.8. The Morgan fingerprint density at radius 1 is 1.18 bits per heavy atom. The van der Waals surface area contributed by atoms with Crippen molar-refractivity contribution in [3.05, 3.63) is 29.3 Å². The molecule has 0 bridgehead atoms. The third-order valence-electron chi connectivity index (χ3n) is 3.16. The minimum Gasteiger partial charge on any atom is -0.324 e. The van der Waals surface area contributed by atoms with E-state index in [9.17, 15) is 4.79 Å². The van der Waals surface area contributed by atoms with Crippen LogP contribution in [0.4, 0.5) is 5.69 Å². The van der Waals surface area contributed by atoms with E-state index in [0.29, 0.717) is 17.3 Å². The molecular formula is C15H26Cl3N3O. The quantitative estimate of drug-likeness (QED) is 0.654. The first kappa shape index (κ1) is 23.7. The average molecular weight is 371 g/mol. The van der Waals surface area contributed by atoms with Gasteiger partial charge in [0.1, 0.15) is 0 Å². The molecule has 1 amide bonds. The summed E-state index contributed by atoms with van der Waals surface area (Å²) in [4.78, 5) is 14.1. The molecule has 0 fully saturated rings. The molecule has 128 valence electrons. The fourth-order valence-electron chi connectivity index (χ4n) is 1.93. The molecule has 0 heterocycles. The van der Waals surface area contributed by atoms with Gasteiger partial charge in [-0.05, 0) is 44.7 Å². The summed E-state index contributed by atoms with van der Waals surface area (Å²) in [6.07, 6.45) is 1.04. The molecule has 7 heteroatoms. The highest BCUT2D eigenvalue weighted by Crippen LogP contribution is 2.19. The second-order valence-electron chi connectivity index (χ2n) is 4.59. The fraction of sp³-hybridized carbons (Fsp3) is 0.533. The topological polar surface area (TPSA) is 44.4 Å². The van der Waals surface area contributed by atoms with Crippen LogP contribution in [-0.2, 0) is 4.79 Å². The summed E-state index contributed by atoms with van der Waals surface area (Å²) in [7, 11) is 0. The Kier molecular flexibility index (Phi) is 15.2. The van der Waals surface area contributed by atoms with E-state index in [0.717, 1.165) is 32.6 Å². The predicted octanol–water partition coefficient (Wildman–Crippen LogP) is 3.44. The highest BCUT2D eigenvalue weighted by Gasteiger charge is 2.04.